The molecule has 0 aliphatic carbocycles. The van der Waals surface area contributed by atoms with Crippen LogP contribution in [0, 0.1) is 12.3 Å². The number of nitrogens with one attached hydrogen (secondary N) is 1. The minimum Gasteiger partial charge on any atom is -0.356 e. The first-order chi connectivity index (χ1) is 10.1. The molecule has 1 aromatic rings. The van der Waals surface area contributed by atoms with Gasteiger partial charge in [-0.15, -0.1) is 0 Å². The van der Waals surface area contributed by atoms with Crippen molar-refractivity contribution in [2.75, 3.05) is 19.6 Å². The summed E-state index contributed by atoms with van der Waals surface area (Å²) in [5, 5.41) is 2.97. The first-order valence-corrected chi connectivity index (χ1v) is 7.57. The molecule has 3 heterocycles. The molecule has 0 radical (unpaired) electrons. The highest BCUT2D eigenvalue weighted by molar-refractivity contribution is 5.94. The van der Waals surface area contributed by atoms with Crippen LogP contribution >= 0.6 is 0 Å². The van der Waals surface area contributed by atoms with Crippen molar-refractivity contribution in [1.29, 1.82) is 0 Å². The highest BCUT2D eigenvalue weighted by atomic mass is 16.2. The zero-order valence-corrected chi connectivity index (χ0v) is 12.4. The highest BCUT2D eigenvalue weighted by Crippen LogP contribution is 2.37. The Bertz CT molecular complexity index is 533. The lowest BCUT2D eigenvalue weighted by atomic mass is 9.73. The van der Waals surface area contributed by atoms with E-state index in [1.54, 1.807) is 6.20 Å². The molecule has 1 spiro atoms. The predicted molar refractivity (Wildman–Crippen MR) is 78.8 cm³/mol. The van der Waals surface area contributed by atoms with E-state index >= 15 is 0 Å². The fraction of sp³-hybridized carbons (Fsp3) is 0.562. The SMILES string of the molecule is Cc1ccc(C(=O)N2CCC3(CCC(=O)NC3)CC2)cn1. The molecule has 2 amide bonds. The number of aromatic nitrogens is 1. The van der Waals surface area contributed by atoms with Crippen LogP contribution in [0.1, 0.15) is 41.7 Å². The number of piperidine rings is 2. The lowest BCUT2D eigenvalue weighted by Gasteiger charge is -2.44. The zero-order chi connectivity index (χ0) is 14.9. The summed E-state index contributed by atoms with van der Waals surface area (Å²) in [6, 6.07) is 3.71. The zero-order valence-electron chi connectivity index (χ0n) is 12.4. The maximum absolute atomic E-state index is 12.5. The van der Waals surface area contributed by atoms with E-state index in [0.29, 0.717) is 12.0 Å². The molecule has 2 aliphatic rings. The first-order valence-electron chi connectivity index (χ1n) is 7.57. The van der Waals surface area contributed by atoms with Crippen LogP contribution in [0.2, 0.25) is 0 Å². The summed E-state index contributed by atoms with van der Waals surface area (Å²) >= 11 is 0. The van der Waals surface area contributed by atoms with E-state index < -0.39 is 0 Å². The molecule has 2 aliphatic heterocycles. The molecule has 0 bridgehead atoms. The molecular weight excluding hydrogens is 266 g/mol. The fourth-order valence-corrected chi connectivity index (χ4v) is 3.23. The number of carbonyl (C=O) groups excluding carboxylic acids is 2. The Morgan fingerprint density at radius 3 is 2.62 bits per heavy atom. The lowest BCUT2D eigenvalue weighted by Crippen LogP contribution is -2.50. The van der Waals surface area contributed by atoms with Crippen LogP contribution in [-0.4, -0.2) is 41.3 Å². The van der Waals surface area contributed by atoms with Gasteiger partial charge in [0.05, 0.1) is 5.56 Å². The lowest BCUT2D eigenvalue weighted by molar-refractivity contribution is -0.125. The Labute approximate surface area is 124 Å². The van der Waals surface area contributed by atoms with Crippen LogP contribution < -0.4 is 5.32 Å². The van der Waals surface area contributed by atoms with Gasteiger partial charge in [-0.3, -0.25) is 14.6 Å². The second-order valence-electron chi connectivity index (χ2n) is 6.26. The van der Waals surface area contributed by atoms with E-state index in [9.17, 15) is 9.59 Å². The molecular formula is C16H21N3O2. The monoisotopic (exact) mass is 287 g/mol. The smallest absolute Gasteiger partial charge is 0.255 e. The normalized spacial score (nSPS) is 21.2. The quantitative estimate of drug-likeness (QED) is 0.852. The summed E-state index contributed by atoms with van der Waals surface area (Å²) in [5.41, 5.74) is 1.78. The van der Waals surface area contributed by atoms with Crippen LogP contribution in [0.15, 0.2) is 18.3 Å². The summed E-state index contributed by atoms with van der Waals surface area (Å²) in [7, 11) is 0. The van der Waals surface area contributed by atoms with Gasteiger partial charge < -0.3 is 10.2 Å². The van der Waals surface area contributed by atoms with Gasteiger partial charge in [-0.05, 0) is 43.7 Å². The third-order valence-corrected chi connectivity index (χ3v) is 4.81. The van der Waals surface area contributed by atoms with Crippen molar-refractivity contribution < 1.29 is 9.59 Å². The number of hydrogen-bond acceptors (Lipinski definition) is 3. The average Bonchev–Trinajstić information content (AvgIpc) is 2.51. The molecule has 0 aromatic carbocycles. The van der Waals surface area contributed by atoms with Crippen molar-refractivity contribution in [3.05, 3.63) is 29.6 Å². The third-order valence-electron chi connectivity index (χ3n) is 4.81. The molecule has 0 saturated carbocycles. The van der Waals surface area contributed by atoms with Crippen molar-refractivity contribution in [1.82, 2.24) is 15.2 Å². The topological polar surface area (TPSA) is 62.3 Å². The number of aryl methyl sites for hydroxylation is 1. The summed E-state index contributed by atoms with van der Waals surface area (Å²) in [6.45, 7) is 4.21. The molecule has 1 N–H and O–H groups in total. The van der Waals surface area contributed by atoms with Gasteiger partial charge >= 0.3 is 0 Å². The van der Waals surface area contributed by atoms with E-state index in [2.05, 4.69) is 10.3 Å². The Kier molecular flexibility index (Phi) is 3.66. The second-order valence-corrected chi connectivity index (χ2v) is 6.26. The van der Waals surface area contributed by atoms with Crippen molar-refractivity contribution >= 4 is 11.8 Å². The number of hydrogen-bond donors (Lipinski definition) is 1. The molecule has 5 nitrogen and oxygen atoms in total. The first kappa shape index (κ1) is 14.0. The molecule has 2 saturated heterocycles. The molecule has 112 valence electrons. The molecule has 0 atom stereocenters. The van der Waals surface area contributed by atoms with Gasteiger partial charge in [-0.25, -0.2) is 0 Å². The molecule has 21 heavy (non-hydrogen) atoms. The summed E-state index contributed by atoms with van der Waals surface area (Å²) in [4.78, 5) is 29.8. The van der Waals surface area contributed by atoms with Gasteiger partial charge in [0.25, 0.3) is 5.91 Å². The van der Waals surface area contributed by atoms with Gasteiger partial charge in [-0.2, -0.15) is 0 Å². The van der Waals surface area contributed by atoms with Crippen LogP contribution in [0.25, 0.3) is 0 Å². The summed E-state index contributed by atoms with van der Waals surface area (Å²) < 4.78 is 0. The van der Waals surface area contributed by atoms with Crippen molar-refractivity contribution in [2.45, 2.75) is 32.6 Å². The minimum atomic E-state index is 0.0668. The van der Waals surface area contributed by atoms with Crippen molar-refractivity contribution in [3.63, 3.8) is 0 Å². The van der Waals surface area contributed by atoms with Gasteiger partial charge in [0.1, 0.15) is 0 Å². The Morgan fingerprint density at radius 1 is 1.29 bits per heavy atom. The third kappa shape index (κ3) is 2.91. The van der Waals surface area contributed by atoms with Crippen molar-refractivity contribution in [3.8, 4) is 0 Å². The van der Waals surface area contributed by atoms with Gasteiger partial charge in [0.2, 0.25) is 5.91 Å². The minimum absolute atomic E-state index is 0.0668. The second kappa shape index (κ2) is 5.47. The Morgan fingerprint density at radius 2 is 2.05 bits per heavy atom. The number of rotatable bonds is 1. The highest BCUT2D eigenvalue weighted by Gasteiger charge is 2.38. The van der Waals surface area contributed by atoms with E-state index in [0.717, 1.165) is 44.6 Å². The van der Waals surface area contributed by atoms with E-state index in [1.807, 2.05) is 24.0 Å². The van der Waals surface area contributed by atoms with Crippen LogP contribution in [0.4, 0.5) is 0 Å². The van der Waals surface area contributed by atoms with Crippen LogP contribution in [-0.2, 0) is 4.79 Å². The van der Waals surface area contributed by atoms with E-state index in [1.165, 1.54) is 0 Å². The number of likely N-dealkylation sites (tertiary alicyclic amines) is 1. The van der Waals surface area contributed by atoms with Crippen LogP contribution in [0.3, 0.4) is 0 Å². The predicted octanol–water partition coefficient (Wildman–Crippen LogP) is 1.52. The van der Waals surface area contributed by atoms with Crippen LogP contribution in [0.5, 0.6) is 0 Å². The average molecular weight is 287 g/mol. The molecule has 2 fully saturated rings. The van der Waals surface area contributed by atoms with Gasteiger partial charge in [-0.1, -0.05) is 0 Å². The summed E-state index contributed by atoms with van der Waals surface area (Å²) in [6.07, 6.45) is 5.17. The standard InChI is InChI=1S/C16H21N3O2/c1-12-2-3-13(10-17-12)15(21)19-8-6-16(7-9-19)5-4-14(20)18-11-16/h2-3,10H,4-9,11H2,1H3,(H,18,20). The van der Waals surface area contributed by atoms with E-state index in [4.69, 9.17) is 0 Å². The molecule has 3 rings (SSSR count). The fourth-order valence-electron chi connectivity index (χ4n) is 3.23. The van der Waals surface area contributed by atoms with Gasteiger partial charge in [0.15, 0.2) is 0 Å². The number of carbonyl (C=O) groups is 2. The Hall–Kier alpha value is -1.91. The summed E-state index contributed by atoms with van der Waals surface area (Å²) in [5.74, 6) is 0.224. The molecule has 5 heteroatoms. The maximum Gasteiger partial charge on any atom is 0.255 e. The number of pyridine rings is 1. The molecule has 1 aromatic heterocycles. The van der Waals surface area contributed by atoms with E-state index in [-0.39, 0.29) is 17.2 Å². The van der Waals surface area contributed by atoms with Crippen molar-refractivity contribution in [2.24, 2.45) is 5.41 Å². The van der Waals surface area contributed by atoms with Gasteiger partial charge in [0, 0.05) is 37.9 Å². The molecule has 0 unspecified atom stereocenters. The number of nitrogens with zero attached hydrogens (tertiary/aromatic N) is 2. The Balaban J connectivity index is 1.61. The maximum atomic E-state index is 12.5. The number of amides is 2. The largest absolute Gasteiger partial charge is 0.356 e.